The third kappa shape index (κ3) is 2.23. The van der Waals surface area contributed by atoms with Crippen LogP contribution in [0.4, 0.5) is 0 Å². The average molecular weight is 248 g/mol. The molecule has 0 radical (unpaired) electrons. The highest BCUT2D eigenvalue weighted by atomic mass is 32.2. The molecule has 3 nitrogen and oxygen atoms in total. The summed E-state index contributed by atoms with van der Waals surface area (Å²) < 4.78 is 20.4. The molecule has 0 aromatic heterocycles. The number of aryl methyl sites for hydroxylation is 1. The van der Waals surface area contributed by atoms with E-state index in [0.29, 0.717) is 16.0 Å². The molecule has 2 aromatic carbocycles. The van der Waals surface area contributed by atoms with Crippen molar-refractivity contribution in [1.82, 2.24) is 0 Å². The van der Waals surface area contributed by atoms with E-state index >= 15 is 0 Å². The summed E-state index contributed by atoms with van der Waals surface area (Å²) in [6, 6.07) is 12.1. The van der Waals surface area contributed by atoms with Gasteiger partial charge in [0.25, 0.3) is 0 Å². The zero-order valence-corrected chi connectivity index (χ0v) is 10.1. The van der Waals surface area contributed by atoms with Crippen molar-refractivity contribution in [3.63, 3.8) is 0 Å². The van der Waals surface area contributed by atoms with Crippen LogP contribution in [0.5, 0.6) is 5.75 Å². The summed E-state index contributed by atoms with van der Waals surface area (Å²) in [5.41, 5.74) is 1.89. The van der Waals surface area contributed by atoms with E-state index in [0.717, 1.165) is 5.56 Å². The first-order valence-corrected chi connectivity index (χ1v) is 6.21. The number of phenolic OH excluding ortho intramolecular Hbond substituents is 1. The van der Waals surface area contributed by atoms with E-state index in [1.807, 2.05) is 6.07 Å². The number of hydrogen-bond acceptors (Lipinski definition) is 2. The lowest BCUT2D eigenvalue weighted by molar-refractivity contribution is 0.473. The highest BCUT2D eigenvalue weighted by Gasteiger charge is 2.13. The number of rotatable bonds is 2. The van der Waals surface area contributed by atoms with Gasteiger partial charge in [-0.3, -0.25) is 0 Å². The number of phenols is 1. The summed E-state index contributed by atoms with van der Waals surface area (Å²) in [6.45, 7) is 1.79. The van der Waals surface area contributed by atoms with Gasteiger partial charge < -0.3 is 9.66 Å². The maximum Gasteiger partial charge on any atom is 0.187 e. The smallest absolute Gasteiger partial charge is 0.187 e. The Hall–Kier alpha value is -1.65. The maximum atomic E-state index is 11.2. The van der Waals surface area contributed by atoms with Gasteiger partial charge in [-0.1, -0.05) is 36.4 Å². The van der Waals surface area contributed by atoms with Crippen molar-refractivity contribution < 1.29 is 13.9 Å². The highest BCUT2D eigenvalue weighted by Crippen LogP contribution is 2.34. The van der Waals surface area contributed by atoms with Gasteiger partial charge in [0.2, 0.25) is 0 Å². The minimum Gasteiger partial charge on any atom is -0.507 e. The molecular formula is C13H12O3S. The molecule has 0 saturated carbocycles. The predicted octanol–water partition coefficient (Wildman–Crippen LogP) is 2.95. The van der Waals surface area contributed by atoms with Crippen LogP contribution < -0.4 is 0 Å². The van der Waals surface area contributed by atoms with Crippen LogP contribution in [-0.4, -0.2) is 13.9 Å². The number of para-hydroxylation sites is 1. The Kier molecular flexibility index (Phi) is 3.26. The normalized spacial score (nSPS) is 12.4. The Balaban J connectivity index is 2.69. The van der Waals surface area contributed by atoms with Gasteiger partial charge in [0, 0.05) is 11.1 Å². The van der Waals surface area contributed by atoms with Crippen LogP contribution in [-0.2, 0) is 11.1 Å². The Labute approximate surface area is 102 Å². The second-order valence-corrected chi connectivity index (χ2v) is 4.65. The molecule has 0 spiro atoms. The van der Waals surface area contributed by atoms with Crippen LogP contribution >= 0.6 is 0 Å². The summed E-state index contributed by atoms with van der Waals surface area (Å²) in [7, 11) is 0. The second-order valence-electron chi connectivity index (χ2n) is 3.72. The summed E-state index contributed by atoms with van der Waals surface area (Å²) in [5.74, 6) is 0.144. The van der Waals surface area contributed by atoms with Gasteiger partial charge >= 0.3 is 0 Å². The van der Waals surface area contributed by atoms with Crippen LogP contribution in [0.25, 0.3) is 11.1 Å². The van der Waals surface area contributed by atoms with Crippen molar-refractivity contribution in [2.24, 2.45) is 0 Å². The molecule has 1 unspecified atom stereocenters. The standard InChI is InChI=1S/C13H12O3S/c1-9-5-4-7-11(13(9)14)10-6-2-3-8-12(10)17(15)16/h2-8,14H,1H3,(H,15,16). The summed E-state index contributed by atoms with van der Waals surface area (Å²) in [5, 5.41) is 9.98. The molecule has 88 valence electrons. The lowest BCUT2D eigenvalue weighted by atomic mass is 10.0. The minimum absolute atomic E-state index is 0.144. The van der Waals surface area contributed by atoms with Crippen molar-refractivity contribution in [2.45, 2.75) is 11.8 Å². The highest BCUT2D eigenvalue weighted by molar-refractivity contribution is 7.79. The number of hydrogen-bond donors (Lipinski definition) is 2. The molecular weight excluding hydrogens is 236 g/mol. The van der Waals surface area contributed by atoms with E-state index < -0.39 is 11.1 Å². The molecule has 1 atom stereocenters. The Morgan fingerprint density at radius 1 is 1.00 bits per heavy atom. The third-order valence-corrected chi connectivity index (χ3v) is 3.34. The molecule has 2 N–H and O–H groups in total. The van der Waals surface area contributed by atoms with Crippen LogP contribution in [0.1, 0.15) is 5.56 Å². The first-order chi connectivity index (χ1) is 8.11. The van der Waals surface area contributed by atoms with Crippen LogP contribution in [0.2, 0.25) is 0 Å². The van der Waals surface area contributed by atoms with E-state index in [2.05, 4.69) is 0 Å². The van der Waals surface area contributed by atoms with Gasteiger partial charge in [-0.05, 0) is 18.6 Å². The lowest BCUT2D eigenvalue weighted by Gasteiger charge is -2.09. The summed E-state index contributed by atoms with van der Waals surface area (Å²) in [4.78, 5) is 0.299. The van der Waals surface area contributed by atoms with Crippen molar-refractivity contribution in [3.05, 3.63) is 48.0 Å². The molecule has 2 rings (SSSR count). The minimum atomic E-state index is -2.07. The molecule has 17 heavy (non-hydrogen) atoms. The van der Waals surface area contributed by atoms with Gasteiger partial charge in [-0.25, -0.2) is 4.21 Å². The topological polar surface area (TPSA) is 57.5 Å². The predicted molar refractivity (Wildman–Crippen MR) is 67.3 cm³/mol. The SMILES string of the molecule is Cc1cccc(-c2ccccc2S(=O)O)c1O. The quantitative estimate of drug-likeness (QED) is 0.803. The maximum absolute atomic E-state index is 11.2. The second kappa shape index (κ2) is 4.69. The number of aromatic hydroxyl groups is 1. The van der Waals surface area contributed by atoms with E-state index in [1.54, 1.807) is 43.3 Å². The first-order valence-electron chi connectivity index (χ1n) is 5.10. The van der Waals surface area contributed by atoms with Gasteiger partial charge in [0.05, 0.1) is 4.90 Å². The largest absolute Gasteiger partial charge is 0.507 e. The van der Waals surface area contributed by atoms with E-state index in [4.69, 9.17) is 0 Å². The van der Waals surface area contributed by atoms with Gasteiger partial charge in [0.1, 0.15) is 5.75 Å². The molecule has 0 heterocycles. The number of benzene rings is 2. The van der Waals surface area contributed by atoms with Crippen LogP contribution in [0, 0.1) is 6.92 Å². The molecule has 2 aromatic rings. The van der Waals surface area contributed by atoms with Crippen molar-refractivity contribution >= 4 is 11.1 Å². The molecule has 4 heteroatoms. The van der Waals surface area contributed by atoms with Gasteiger partial charge in [-0.15, -0.1) is 0 Å². The van der Waals surface area contributed by atoms with Gasteiger partial charge in [-0.2, -0.15) is 0 Å². The zero-order valence-electron chi connectivity index (χ0n) is 9.25. The molecule has 0 bridgehead atoms. The van der Waals surface area contributed by atoms with E-state index in [-0.39, 0.29) is 5.75 Å². The van der Waals surface area contributed by atoms with E-state index in [1.165, 1.54) is 0 Å². The average Bonchev–Trinajstić information content (AvgIpc) is 2.33. The molecule has 0 aliphatic heterocycles. The first kappa shape index (κ1) is 11.8. The summed E-state index contributed by atoms with van der Waals surface area (Å²) >= 11 is -2.07. The zero-order chi connectivity index (χ0) is 12.4. The Morgan fingerprint density at radius 2 is 1.65 bits per heavy atom. The van der Waals surface area contributed by atoms with Crippen LogP contribution in [0.15, 0.2) is 47.4 Å². The fourth-order valence-electron chi connectivity index (χ4n) is 1.72. The van der Waals surface area contributed by atoms with Crippen molar-refractivity contribution in [1.29, 1.82) is 0 Å². The Morgan fingerprint density at radius 3 is 2.35 bits per heavy atom. The van der Waals surface area contributed by atoms with Gasteiger partial charge in [0.15, 0.2) is 11.1 Å². The van der Waals surface area contributed by atoms with Crippen LogP contribution in [0.3, 0.4) is 0 Å². The van der Waals surface area contributed by atoms with E-state index in [9.17, 15) is 13.9 Å². The molecule has 0 fully saturated rings. The lowest BCUT2D eigenvalue weighted by Crippen LogP contribution is -1.93. The fourth-order valence-corrected chi connectivity index (χ4v) is 2.28. The summed E-state index contributed by atoms with van der Waals surface area (Å²) in [6.07, 6.45) is 0. The molecule has 0 saturated heterocycles. The molecule has 0 aliphatic rings. The van der Waals surface area contributed by atoms with Crippen molar-refractivity contribution in [3.8, 4) is 16.9 Å². The fraction of sp³-hybridized carbons (Fsp3) is 0.0769. The molecule has 0 aliphatic carbocycles. The third-order valence-electron chi connectivity index (χ3n) is 2.60. The van der Waals surface area contributed by atoms with Crippen molar-refractivity contribution in [2.75, 3.05) is 0 Å². The monoisotopic (exact) mass is 248 g/mol. The Bertz CT molecular complexity index is 579. The molecule has 0 amide bonds.